The lowest BCUT2D eigenvalue weighted by molar-refractivity contribution is -0.137. The Morgan fingerprint density at radius 3 is 2.29 bits per heavy atom. The first-order chi connectivity index (χ1) is 13.3. The highest BCUT2D eigenvalue weighted by Crippen LogP contribution is 2.29. The van der Waals surface area contributed by atoms with Crippen LogP contribution in [0.25, 0.3) is 0 Å². The van der Waals surface area contributed by atoms with Crippen LogP contribution in [0.2, 0.25) is 0 Å². The SMILES string of the molecule is O=C(Nc1ccc(C(F)(F)F)cc1)c1ccnc(NCc2ccc(F)cc2)c1. The van der Waals surface area contributed by atoms with Gasteiger partial charge in [0.2, 0.25) is 0 Å². The van der Waals surface area contributed by atoms with Crippen molar-refractivity contribution < 1.29 is 22.4 Å². The number of rotatable bonds is 5. The molecule has 0 fully saturated rings. The number of nitrogens with one attached hydrogen (secondary N) is 2. The Labute approximate surface area is 158 Å². The molecule has 0 aliphatic heterocycles. The number of alkyl halides is 3. The number of hydrogen-bond acceptors (Lipinski definition) is 3. The van der Waals surface area contributed by atoms with E-state index in [1.54, 1.807) is 12.1 Å². The lowest BCUT2D eigenvalue weighted by Crippen LogP contribution is -2.13. The maximum absolute atomic E-state index is 12.9. The molecule has 28 heavy (non-hydrogen) atoms. The number of pyridine rings is 1. The number of amides is 1. The first-order valence-electron chi connectivity index (χ1n) is 8.24. The number of carbonyl (C=O) groups is 1. The second-order valence-corrected chi connectivity index (χ2v) is 5.94. The molecule has 0 spiro atoms. The van der Waals surface area contributed by atoms with Gasteiger partial charge in [0.15, 0.2) is 0 Å². The van der Waals surface area contributed by atoms with Crippen LogP contribution in [0.3, 0.4) is 0 Å². The van der Waals surface area contributed by atoms with Gasteiger partial charge < -0.3 is 10.6 Å². The van der Waals surface area contributed by atoms with E-state index < -0.39 is 17.6 Å². The zero-order chi connectivity index (χ0) is 20.1. The molecule has 0 atom stereocenters. The number of hydrogen-bond donors (Lipinski definition) is 2. The Hall–Kier alpha value is -3.42. The second-order valence-electron chi connectivity index (χ2n) is 5.94. The summed E-state index contributed by atoms with van der Waals surface area (Å²) in [5.41, 5.74) is 0.580. The van der Waals surface area contributed by atoms with Gasteiger partial charge in [0.1, 0.15) is 11.6 Å². The van der Waals surface area contributed by atoms with E-state index in [0.717, 1.165) is 17.7 Å². The number of halogens is 4. The van der Waals surface area contributed by atoms with Gasteiger partial charge in [-0.05, 0) is 54.1 Å². The second kappa shape index (κ2) is 8.08. The van der Waals surface area contributed by atoms with Crippen LogP contribution in [0.15, 0.2) is 66.9 Å². The van der Waals surface area contributed by atoms with E-state index in [1.807, 2.05) is 0 Å². The third-order valence-corrected chi connectivity index (χ3v) is 3.88. The van der Waals surface area contributed by atoms with E-state index in [1.165, 1.54) is 42.6 Å². The smallest absolute Gasteiger partial charge is 0.366 e. The number of aromatic nitrogens is 1. The molecule has 2 N–H and O–H groups in total. The van der Waals surface area contributed by atoms with E-state index in [2.05, 4.69) is 15.6 Å². The lowest BCUT2D eigenvalue weighted by atomic mass is 10.2. The minimum absolute atomic E-state index is 0.246. The van der Waals surface area contributed by atoms with Gasteiger partial charge in [-0.25, -0.2) is 9.37 Å². The Bertz CT molecular complexity index is 954. The zero-order valence-electron chi connectivity index (χ0n) is 14.4. The van der Waals surface area contributed by atoms with Gasteiger partial charge in [-0.1, -0.05) is 12.1 Å². The van der Waals surface area contributed by atoms with Crippen molar-refractivity contribution in [3.63, 3.8) is 0 Å². The van der Waals surface area contributed by atoms with Crippen molar-refractivity contribution >= 4 is 17.4 Å². The van der Waals surface area contributed by atoms with E-state index in [9.17, 15) is 22.4 Å². The largest absolute Gasteiger partial charge is 0.416 e. The molecule has 0 radical (unpaired) electrons. The fraction of sp³-hybridized carbons (Fsp3) is 0.100. The number of anilines is 2. The minimum Gasteiger partial charge on any atom is -0.366 e. The average molecular weight is 389 g/mol. The Morgan fingerprint density at radius 2 is 1.64 bits per heavy atom. The van der Waals surface area contributed by atoms with Crippen LogP contribution in [0.5, 0.6) is 0 Å². The Balaban J connectivity index is 1.64. The molecular formula is C20H15F4N3O. The fourth-order valence-corrected chi connectivity index (χ4v) is 2.41. The quantitative estimate of drug-likeness (QED) is 0.597. The summed E-state index contributed by atoms with van der Waals surface area (Å²) in [6.45, 7) is 0.386. The molecule has 4 nitrogen and oxygen atoms in total. The Morgan fingerprint density at radius 1 is 0.964 bits per heavy atom. The van der Waals surface area contributed by atoms with E-state index in [0.29, 0.717) is 12.4 Å². The normalized spacial score (nSPS) is 11.1. The van der Waals surface area contributed by atoms with Gasteiger partial charge in [-0.15, -0.1) is 0 Å². The standard InChI is InChI=1S/C20H15F4N3O/c21-16-5-1-13(2-6-16)12-26-18-11-14(9-10-25-18)19(28)27-17-7-3-15(4-8-17)20(22,23)24/h1-11H,12H2,(H,25,26)(H,27,28). The van der Waals surface area contributed by atoms with E-state index in [4.69, 9.17) is 0 Å². The topological polar surface area (TPSA) is 54.0 Å². The molecule has 8 heteroatoms. The predicted octanol–water partition coefficient (Wildman–Crippen LogP) is 5.10. The van der Waals surface area contributed by atoms with Gasteiger partial charge in [-0.3, -0.25) is 4.79 Å². The van der Waals surface area contributed by atoms with Crippen molar-refractivity contribution in [3.05, 3.63) is 89.4 Å². The maximum Gasteiger partial charge on any atom is 0.416 e. The average Bonchev–Trinajstić information content (AvgIpc) is 2.67. The number of benzene rings is 2. The summed E-state index contributed by atoms with van der Waals surface area (Å²) in [6, 6.07) is 13.1. The van der Waals surface area contributed by atoms with Crippen LogP contribution in [-0.4, -0.2) is 10.9 Å². The number of carbonyl (C=O) groups excluding carboxylic acids is 1. The molecule has 1 aromatic heterocycles. The van der Waals surface area contributed by atoms with Crippen LogP contribution < -0.4 is 10.6 Å². The molecule has 0 aliphatic rings. The van der Waals surface area contributed by atoms with Crippen molar-refractivity contribution in [1.29, 1.82) is 0 Å². The molecule has 0 aliphatic carbocycles. The van der Waals surface area contributed by atoms with Gasteiger partial charge in [0.05, 0.1) is 5.56 Å². The summed E-state index contributed by atoms with van der Waals surface area (Å²) >= 11 is 0. The monoisotopic (exact) mass is 389 g/mol. The van der Waals surface area contributed by atoms with Crippen molar-refractivity contribution in [3.8, 4) is 0 Å². The van der Waals surface area contributed by atoms with Crippen LogP contribution in [0, 0.1) is 5.82 Å². The molecular weight excluding hydrogens is 374 g/mol. The summed E-state index contributed by atoms with van der Waals surface area (Å²) in [5, 5.41) is 5.57. The van der Waals surface area contributed by atoms with Gasteiger partial charge in [-0.2, -0.15) is 13.2 Å². The molecule has 0 unspecified atom stereocenters. The fourth-order valence-electron chi connectivity index (χ4n) is 2.41. The molecule has 0 bridgehead atoms. The third kappa shape index (κ3) is 5.06. The molecule has 2 aromatic carbocycles. The van der Waals surface area contributed by atoms with Crippen molar-refractivity contribution in [1.82, 2.24) is 4.98 Å². The maximum atomic E-state index is 12.9. The summed E-state index contributed by atoms with van der Waals surface area (Å²) < 4.78 is 50.7. The molecule has 0 saturated heterocycles. The molecule has 1 amide bonds. The van der Waals surface area contributed by atoms with Gasteiger partial charge in [0, 0.05) is 24.0 Å². The summed E-state index contributed by atoms with van der Waals surface area (Å²) in [6.07, 6.45) is -2.99. The number of nitrogens with zero attached hydrogens (tertiary/aromatic N) is 1. The van der Waals surface area contributed by atoms with Gasteiger partial charge >= 0.3 is 6.18 Å². The first kappa shape index (κ1) is 19.3. The molecule has 3 aromatic rings. The highest BCUT2D eigenvalue weighted by Gasteiger charge is 2.30. The zero-order valence-corrected chi connectivity index (χ0v) is 14.4. The lowest BCUT2D eigenvalue weighted by Gasteiger charge is -2.10. The Kier molecular flexibility index (Phi) is 5.58. The van der Waals surface area contributed by atoms with E-state index in [-0.39, 0.29) is 17.1 Å². The van der Waals surface area contributed by atoms with Crippen LogP contribution >= 0.6 is 0 Å². The molecule has 1 heterocycles. The molecule has 3 rings (SSSR count). The van der Waals surface area contributed by atoms with E-state index >= 15 is 0 Å². The van der Waals surface area contributed by atoms with Crippen LogP contribution in [0.1, 0.15) is 21.5 Å². The summed E-state index contributed by atoms with van der Waals surface area (Å²) in [5.74, 6) is -0.375. The molecule has 144 valence electrons. The minimum atomic E-state index is -4.43. The van der Waals surface area contributed by atoms with Crippen molar-refractivity contribution in [2.75, 3.05) is 10.6 Å². The first-order valence-corrected chi connectivity index (χ1v) is 8.24. The van der Waals surface area contributed by atoms with Crippen LogP contribution in [-0.2, 0) is 12.7 Å². The summed E-state index contributed by atoms with van der Waals surface area (Å²) in [7, 11) is 0. The highest BCUT2D eigenvalue weighted by atomic mass is 19.4. The van der Waals surface area contributed by atoms with Crippen LogP contribution in [0.4, 0.5) is 29.1 Å². The molecule has 0 saturated carbocycles. The third-order valence-electron chi connectivity index (χ3n) is 3.88. The highest BCUT2D eigenvalue weighted by molar-refractivity contribution is 6.04. The van der Waals surface area contributed by atoms with Gasteiger partial charge in [0.25, 0.3) is 5.91 Å². The van der Waals surface area contributed by atoms with Crippen molar-refractivity contribution in [2.45, 2.75) is 12.7 Å². The van der Waals surface area contributed by atoms with Crippen molar-refractivity contribution in [2.24, 2.45) is 0 Å². The summed E-state index contributed by atoms with van der Waals surface area (Å²) in [4.78, 5) is 16.4. The predicted molar refractivity (Wildman–Crippen MR) is 97.4 cm³/mol.